The number of carbonyl (C=O) groups excluding carboxylic acids is 1. The fraction of sp³-hybridized carbons (Fsp3) is 0.500. The summed E-state index contributed by atoms with van der Waals surface area (Å²) in [5, 5.41) is 0. The number of benzene rings is 1. The van der Waals surface area contributed by atoms with E-state index in [1.807, 2.05) is 6.07 Å². The third-order valence-corrected chi connectivity index (χ3v) is 4.47. The number of hydrogen-bond donors (Lipinski definition) is 1. The Morgan fingerprint density at radius 3 is 2.48 bits per heavy atom. The molecular weight excluding hydrogens is 293 g/mol. The highest BCUT2D eigenvalue weighted by Gasteiger charge is 2.33. The zero-order valence-electron chi connectivity index (χ0n) is 12.4. The minimum atomic E-state index is -3.52. The number of nitrogens with two attached hydrogens (primary N) is 1. The van der Waals surface area contributed by atoms with E-state index in [9.17, 15) is 9.36 Å². The lowest BCUT2D eigenvalue weighted by Crippen LogP contribution is -2.27. The van der Waals surface area contributed by atoms with Gasteiger partial charge < -0.3 is 15.0 Å². The number of rotatable bonds is 9. The third kappa shape index (κ3) is 5.87. The fourth-order valence-electron chi connectivity index (χ4n) is 1.63. The zero-order chi connectivity index (χ0) is 15.7. The standard InChI is InChI=1S/C14H22NO5P/c1-3-13(14(16)18-4-2)20-21(17,11-10-15)19-12-8-6-5-7-9-12/h5-9,13H,3-4,10-11,15H2,1-2H3/t13-,21?/m0/s1. The van der Waals surface area contributed by atoms with E-state index < -0.39 is 19.7 Å². The average molecular weight is 315 g/mol. The quantitative estimate of drug-likeness (QED) is 0.556. The van der Waals surface area contributed by atoms with E-state index >= 15 is 0 Å². The van der Waals surface area contributed by atoms with Crippen LogP contribution < -0.4 is 10.3 Å². The highest BCUT2D eigenvalue weighted by atomic mass is 31.2. The van der Waals surface area contributed by atoms with Crippen LogP contribution in [0, 0.1) is 0 Å². The molecule has 0 heterocycles. The molecule has 0 aromatic heterocycles. The van der Waals surface area contributed by atoms with Gasteiger partial charge in [0.1, 0.15) is 5.75 Å². The van der Waals surface area contributed by atoms with E-state index in [1.54, 1.807) is 38.1 Å². The van der Waals surface area contributed by atoms with Gasteiger partial charge in [-0.15, -0.1) is 0 Å². The highest BCUT2D eigenvalue weighted by molar-refractivity contribution is 7.54. The van der Waals surface area contributed by atoms with Crippen LogP contribution in [-0.2, 0) is 18.6 Å². The van der Waals surface area contributed by atoms with Gasteiger partial charge in [0.25, 0.3) is 0 Å². The summed E-state index contributed by atoms with van der Waals surface area (Å²) in [5.41, 5.74) is 5.47. The van der Waals surface area contributed by atoms with E-state index in [0.29, 0.717) is 12.2 Å². The van der Waals surface area contributed by atoms with Gasteiger partial charge in [-0.25, -0.2) is 9.36 Å². The van der Waals surface area contributed by atoms with Gasteiger partial charge in [-0.2, -0.15) is 0 Å². The first-order valence-electron chi connectivity index (χ1n) is 6.93. The van der Waals surface area contributed by atoms with Crippen LogP contribution in [0.1, 0.15) is 20.3 Å². The van der Waals surface area contributed by atoms with Crippen LogP contribution in [0.2, 0.25) is 0 Å². The summed E-state index contributed by atoms with van der Waals surface area (Å²) in [6.45, 7) is 3.81. The Labute approximate surface area is 125 Å². The van der Waals surface area contributed by atoms with Crippen molar-refractivity contribution in [2.75, 3.05) is 19.3 Å². The van der Waals surface area contributed by atoms with Crippen LogP contribution in [-0.4, -0.2) is 31.4 Å². The number of hydrogen-bond acceptors (Lipinski definition) is 6. The maximum absolute atomic E-state index is 12.7. The molecule has 0 bridgehead atoms. The predicted molar refractivity (Wildman–Crippen MR) is 80.4 cm³/mol. The molecule has 0 aliphatic rings. The lowest BCUT2D eigenvalue weighted by molar-refractivity contribution is -0.151. The molecule has 0 fully saturated rings. The molecule has 6 nitrogen and oxygen atoms in total. The first-order valence-corrected chi connectivity index (χ1v) is 8.66. The molecule has 0 saturated heterocycles. The van der Waals surface area contributed by atoms with Crippen molar-refractivity contribution in [1.29, 1.82) is 0 Å². The summed E-state index contributed by atoms with van der Waals surface area (Å²) < 4.78 is 28.5. The smallest absolute Gasteiger partial charge is 0.381 e. The SMILES string of the molecule is CCOC(=O)[C@H](CC)OP(=O)(CCN)Oc1ccccc1. The Balaban J connectivity index is 2.83. The second-order valence-corrected chi connectivity index (χ2v) is 6.34. The second kappa shape index (κ2) is 8.82. The van der Waals surface area contributed by atoms with E-state index in [1.165, 1.54) is 0 Å². The first kappa shape index (κ1) is 17.7. The number of ether oxygens (including phenoxy) is 1. The van der Waals surface area contributed by atoms with Crippen LogP contribution in [0.15, 0.2) is 30.3 Å². The minimum Gasteiger partial charge on any atom is -0.464 e. The van der Waals surface area contributed by atoms with Crippen molar-refractivity contribution in [3.8, 4) is 5.75 Å². The Bertz CT molecular complexity index is 480. The van der Waals surface area contributed by atoms with Gasteiger partial charge in [0.15, 0.2) is 6.10 Å². The van der Waals surface area contributed by atoms with Crippen LogP contribution in [0.5, 0.6) is 5.75 Å². The molecule has 0 amide bonds. The Kier molecular flexibility index (Phi) is 7.43. The zero-order valence-corrected chi connectivity index (χ0v) is 13.3. The van der Waals surface area contributed by atoms with Crippen molar-refractivity contribution < 1.29 is 23.1 Å². The summed E-state index contributed by atoms with van der Waals surface area (Å²) in [7, 11) is -3.52. The summed E-state index contributed by atoms with van der Waals surface area (Å²) in [6.07, 6.45) is -0.561. The molecule has 7 heteroatoms. The Morgan fingerprint density at radius 1 is 1.29 bits per heavy atom. The minimum absolute atomic E-state index is 0.0256. The number of para-hydroxylation sites is 1. The average Bonchev–Trinajstić information content (AvgIpc) is 2.46. The molecule has 118 valence electrons. The lowest BCUT2D eigenvalue weighted by atomic mass is 10.3. The summed E-state index contributed by atoms with van der Waals surface area (Å²) >= 11 is 0. The van der Waals surface area contributed by atoms with Crippen molar-refractivity contribution in [3.63, 3.8) is 0 Å². The highest BCUT2D eigenvalue weighted by Crippen LogP contribution is 2.49. The number of carbonyl (C=O) groups is 1. The molecule has 1 rings (SSSR count). The fourth-order valence-corrected chi connectivity index (χ4v) is 3.25. The van der Waals surface area contributed by atoms with Gasteiger partial charge in [0, 0.05) is 6.54 Å². The molecule has 0 spiro atoms. The molecule has 2 N–H and O–H groups in total. The van der Waals surface area contributed by atoms with Crippen molar-refractivity contribution in [2.45, 2.75) is 26.4 Å². The first-order chi connectivity index (χ1) is 10.0. The topological polar surface area (TPSA) is 87.9 Å². The maximum Gasteiger partial charge on any atom is 0.381 e. The largest absolute Gasteiger partial charge is 0.464 e. The van der Waals surface area contributed by atoms with Crippen LogP contribution in [0.4, 0.5) is 0 Å². The maximum atomic E-state index is 12.7. The van der Waals surface area contributed by atoms with Crippen molar-refractivity contribution in [1.82, 2.24) is 0 Å². The van der Waals surface area contributed by atoms with Gasteiger partial charge in [-0.05, 0) is 25.5 Å². The van der Waals surface area contributed by atoms with Crippen molar-refractivity contribution in [2.24, 2.45) is 5.73 Å². The Morgan fingerprint density at radius 2 is 1.95 bits per heavy atom. The molecule has 1 unspecified atom stereocenters. The van der Waals surface area contributed by atoms with Gasteiger partial charge >= 0.3 is 13.6 Å². The van der Waals surface area contributed by atoms with Gasteiger partial charge in [-0.1, -0.05) is 25.1 Å². The third-order valence-electron chi connectivity index (χ3n) is 2.60. The van der Waals surface area contributed by atoms with E-state index in [-0.39, 0.29) is 19.3 Å². The van der Waals surface area contributed by atoms with Gasteiger partial charge in [0.05, 0.1) is 12.8 Å². The molecular formula is C14H22NO5P. The van der Waals surface area contributed by atoms with Crippen LogP contribution >= 0.6 is 7.60 Å². The lowest BCUT2D eigenvalue weighted by Gasteiger charge is -2.23. The van der Waals surface area contributed by atoms with Gasteiger partial charge in [-0.3, -0.25) is 4.52 Å². The molecule has 0 radical (unpaired) electrons. The summed E-state index contributed by atoms with van der Waals surface area (Å²) in [6, 6.07) is 8.65. The van der Waals surface area contributed by atoms with Crippen LogP contribution in [0.25, 0.3) is 0 Å². The summed E-state index contributed by atoms with van der Waals surface area (Å²) in [4.78, 5) is 11.8. The molecule has 0 saturated carbocycles. The van der Waals surface area contributed by atoms with Crippen LogP contribution in [0.3, 0.4) is 0 Å². The number of esters is 1. The van der Waals surface area contributed by atoms with E-state index in [0.717, 1.165) is 0 Å². The Hall–Kier alpha value is -1.36. The molecule has 0 aliphatic carbocycles. The molecule has 1 aromatic rings. The monoisotopic (exact) mass is 315 g/mol. The second-order valence-electron chi connectivity index (χ2n) is 4.28. The molecule has 1 aromatic carbocycles. The normalized spacial score (nSPS) is 15.0. The molecule has 0 aliphatic heterocycles. The summed E-state index contributed by atoms with van der Waals surface area (Å²) in [5.74, 6) is -0.137. The molecule has 21 heavy (non-hydrogen) atoms. The molecule has 2 atom stereocenters. The van der Waals surface area contributed by atoms with E-state index in [4.69, 9.17) is 19.5 Å². The van der Waals surface area contributed by atoms with Gasteiger partial charge in [0.2, 0.25) is 0 Å². The van der Waals surface area contributed by atoms with Crippen molar-refractivity contribution >= 4 is 13.6 Å². The van der Waals surface area contributed by atoms with E-state index in [2.05, 4.69) is 0 Å². The predicted octanol–water partition coefficient (Wildman–Crippen LogP) is 2.58. The van der Waals surface area contributed by atoms with Crippen molar-refractivity contribution in [3.05, 3.63) is 30.3 Å².